The number of benzene rings is 2. The predicted molar refractivity (Wildman–Crippen MR) is 74.7 cm³/mol. The molecule has 0 fully saturated rings. The molecule has 21 heavy (non-hydrogen) atoms. The van der Waals surface area contributed by atoms with Gasteiger partial charge in [-0.25, -0.2) is 9.18 Å². The van der Waals surface area contributed by atoms with Gasteiger partial charge in [0.2, 0.25) is 0 Å². The van der Waals surface area contributed by atoms with E-state index in [0.29, 0.717) is 11.8 Å². The van der Waals surface area contributed by atoms with Crippen molar-refractivity contribution in [3.63, 3.8) is 0 Å². The molecule has 0 bridgehead atoms. The summed E-state index contributed by atoms with van der Waals surface area (Å²) < 4.78 is 13.7. The normalized spacial score (nSPS) is 10.2. The Kier molecular flexibility index (Phi) is 4.04. The van der Waals surface area contributed by atoms with Gasteiger partial charge < -0.3 is 10.4 Å². The predicted octanol–water partition coefficient (Wildman–Crippen LogP) is 3.83. The Hall–Kier alpha value is -2.67. The van der Waals surface area contributed by atoms with E-state index in [4.69, 9.17) is 16.7 Å². The maximum atomic E-state index is 13.7. The van der Waals surface area contributed by atoms with Crippen LogP contribution < -0.4 is 5.32 Å². The SMILES string of the molecule is O=C(O)c1cc([N+](=O)[O-])c(Nc2ccccc2Cl)cc1F. The monoisotopic (exact) mass is 310 g/mol. The number of carboxylic acid groups (broad SMARTS) is 1. The minimum absolute atomic E-state index is 0.185. The van der Waals surface area contributed by atoms with Gasteiger partial charge in [0.25, 0.3) is 5.69 Å². The second kappa shape index (κ2) is 5.76. The molecule has 6 nitrogen and oxygen atoms in total. The van der Waals surface area contributed by atoms with Gasteiger partial charge in [0.15, 0.2) is 0 Å². The van der Waals surface area contributed by atoms with E-state index >= 15 is 0 Å². The molecule has 0 radical (unpaired) electrons. The molecule has 0 spiro atoms. The number of nitrogens with zero attached hydrogens (tertiary/aromatic N) is 1. The molecule has 2 rings (SSSR count). The number of nitrogens with one attached hydrogen (secondary N) is 1. The van der Waals surface area contributed by atoms with Crippen molar-refractivity contribution in [1.82, 2.24) is 0 Å². The van der Waals surface area contributed by atoms with Crippen LogP contribution in [-0.2, 0) is 0 Å². The molecule has 0 aliphatic heterocycles. The number of para-hydroxylation sites is 1. The van der Waals surface area contributed by atoms with E-state index in [1.54, 1.807) is 24.3 Å². The zero-order valence-corrected chi connectivity index (χ0v) is 11.1. The molecule has 0 amide bonds. The average molecular weight is 311 g/mol. The van der Waals surface area contributed by atoms with Gasteiger partial charge in [-0.05, 0) is 12.1 Å². The van der Waals surface area contributed by atoms with Crippen LogP contribution in [0.1, 0.15) is 10.4 Å². The van der Waals surface area contributed by atoms with Gasteiger partial charge in [-0.1, -0.05) is 23.7 Å². The third-order valence-electron chi connectivity index (χ3n) is 2.66. The summed E-state index contributed by atoms with van der Waals surface area (Å²) in [4.78, 5) is 21.0. The average Bonchev–Trinajstić information content (AvgIpc) is 2.40. The van der Waals surface area contributed by atoms with E-state index < -0.39 is 28.0 Å². The molecule has 2 aromatic rings. The molecule has 0 aliphatic rings. The second-order valence-corrected chi connectivity index (χ2v) is 4.42. The zero-order valence-electron chi connectivity index (χ0n) is 10.3. The first-order chi connectivity index (χ1) is 9.90. The topological polar surface area (TPSA) is 92.5 Å². The van der Waals surface area contributed by atoms with Gasteiger partial charge in [0, 0.05) is 12.1 Å². The first-order valence-corrected chi connectivity index (χ1v) is 6.00. The van der Waals surface area contributed by atoms with Crippen molar-refractivity contribution in [2.24, 2.45) is 0 Å². The number of halogens is 2. The third-order valence-corrected chi connectivity index (χ3v) is 2.99. The van der Waals surface area contributed by atoms with Gasteiger partial charge in [0.05, 0.1) is 15.6 Å². The molecule has 0 saturated carbocycles. The Morgan fingerprint density at radius 3 is 2.52 bits per heavy atom. The number of carboxylic acids is 1. The lowest BCUT2D eigenvalue weighted by Gasteiger charge is -2.09. The second-order valence-electron chi connectivity index (χ2n) is 4.02. The summed E-state index contributed by atoms with van der Waals surface area (Å²) in [7, 11) is 0. The maximum Gasteiger partial charge on any atom is 0.338 e. The van der Waals surface area contributed by atoms with Gasteiger partial charge >= 0.3 is 5.97 Å². The van der Waals surface area contributed by atoms with Gasteiger partial charge in [0.1, 0.15) is 17.1 Å². The molecule has 0 aromatic heterocycles. The highest BCUT2D eigenvalue weighted by molar-refractivity contribution is 6.33. The van der Waals surface area contributed by atoms with E-state index in [-0.39, 0.29) is 10.7 Å². The smallest absolute Gasteiger partial charge is 0.338 e. The summed E-state index contributed by atoms with van der Waals surface area (Å²) in [6, 6.07) is 7.83. The fourth-order valence-electron chi connectivity index (χ4n) is 1.68. The van der Waals surface area contributed by atoms with Crippen LogP contribution in [0.4, 0.5) is 21.5 Å². The molecule has 108 valence electrons. The highest BCUT2D eigenvalue weighted by atomic mass is 35.5. The van der Waals surface area contributed by atoms with Crippen molar-refractivity contribution in [2.75, 3.05) is 5.32 Å². The molecule has 0 aliphatic carbocycles. The number of nitro groups is 1. The number of rotatable bonds is 4. The number of aromatic carboxylic acids is 1. The summed E-state index contributed by atoms with van der Waals surface area (Å²) >= 11 is 5.91. The molecular weight excluding hydrogens is 303 g/mol. The molecule has 2 aromatic carbocycles. The summed E-state index contributed by atoms with van der Waals surface area (Å²) in [5.74, 6) is -2.66. The van der Waals surface area contributed by atoms with E-state index in [9.17, 15) is 19.3 Å². The van der Waals surface area contributed by atoms with E-state index in [0.717, 1.165) is 6.07 Å². The van der Waals surface area contributed by atoms with Crippen molar-refractivity contribution in [2.45, 2.75) is 0 Å². The van der Waals surface area contributed by atoms with Crippen LogP contribution in [0, 0.1) is 15.9 Å². The lowest BCUT2D eigenvalue weighted by Crippen LogP contribution is -2.05. The van der Waals surface area contributed by atoms with Crippen LogP contribution in [0.3, 0.4) is 0 Å². The summed E-state index contributed by atoms with van der Waals surface area (Å²) in [5.41, 5.74) is -1.18. The largest absolute Gasteiger partial charge is 0.478 e. The Morgan fingerprint density at radius 2 is 1.95 bits per heavy atom. The zero-order chi connectivity index (χ0) is 15.6. The van der Waals surface area contributed by atoms with E-state index in [2.05, 4.69) is 5.32 Å². The number of hydrogen-bond acceptors (Lipinski definition) is 4. The summed E-state index contributed by atoms with van der Waals surface area (Å²) in [6.07, 6.45) is 0. The molecule has 0 heterocycles. The number of hydrogen-bond donors (Lipinski definition) is 2. The van der Waals surface area contributed by atoms with Crippen LogP contribution in [-0.4, -0.2) is 16.0 Å². The fourth-order valence-corrected chi connectivity index (χ4v) is 1.87. The Bertz CT molecular complexity index is 736. The fraction of sp³-hybridized carbons (Fsp3) is 0. The van der Waals surface area contributed by atoms with E-state index in [1.807, 2.05) is 0 Å². The Morgan fingerprint density at radius 1 is 1.29 bits per heavy atom. The highest BCUT2D eigenvalue weighted by Gasteiger charge is 2.22. The lowest BCUT2D eigenvalue weighted by atomic mass is 10.1. The highest BCUT2D eigenvalue weighted by Crippen LogP contribution is 2.32. The van der Waals surface area contributed by atoms with Crippen LogP contribution in [0.25, 0.3) is 0 Å². The molecular formula is C13H8ClFN2O4. The third kappa shape index (κ3) is 3.09. The molecule has 0 unspecified atom stereocenters. The molecule has 0 saturated heterocycles. The van der Waals surface area contributed by atoms with Crippen molar-refractivity contribution in [3.8, 4) is 0 Å². The Balaban J connectivity index is 2.53. The quantitative estimate of drug-likeness (QED) is 0.661. The first-order valence-electron chi connectivity index (χ1n) is 5.63. The number of anilines is 2. The van der Waals surface area contributed by atoms with Gasteiger partial charge in [-0.15, -0.1) is 0 Å². The van der Waals surface area contributed by atoms with Crippen molar-refractivity contribution >= 4 is 34.6 Å². The van der Waals surface area contributed by atoms with Gasteiger partial charge in [-0.2, -0.15) is 0 Å². The van der Waals surface area contributed by atoms with Gasteiger partial charge in [-0.3, -0.25) is 10.1 Å². The van der Waals surface area contributed by atoms with Crippen LogP contribution >= 0.6 is 11.6 Å². The standard InChI is InChI=1S/C13H8ClFN2O4/c14-8-3-1-2-4-10(8)16-11-6-9(15)7(13(18)19)5-12(11)17(20)21/h1-6,16H,(H,18,19). The number of nitro benzene ring substituents is 1. The Labute approximate surface area is 122 Å². The minimum atomic E-state index is -1.58. The lowest BCUT2D eigenvalue weighted by molar-refractivity contribution is -0.384. The van der Waals surface area contributed by atoms with Crippen molar-refractivity contribution in [3.05, 3.63) is 62.9 Å². The van der Waals surface area contributed by atoms with Crippen LogP contribution in [0.15, 0.2) is 36.4 Å². The molecule has 8 heteroatoms. The molecule has 2 N–H and O–H groups in total. The van der Waals surface area contributed by atoms with Crippen molar-refractivity contribution < 1.29 is 19.2 Å². The molecule has 0 atom stereocenters. The minimum Gasteiger partial charge on any atom is -0.478 e. The summed E-state index contributed by atoms with van der Waals surface area (Å²) in [5, 5.41) is 22.7. The van der Waals surface area contributed by atoms with E-state index in [1.165, 1.54) is 0 Å². The maximum absolute atomic E-state index is 13.7. The van der Waals surface area contributed by atoms with Crippen LogP contribution in [0.5, 0.6) is 0 Å². The first kappa shape index (κ1) is 14.7. The van der Waals surface area contributed by atoms with Crippen LogP contribution in [0.2, 0.25) is 5.02 Å². The number of carbonyl (C=O) groups is 1. The summed E-state index contributed by atoms with van der Waals surface area (Å²) in [6.45, 7) is 0. The van der Waals surface area contributed by atoms with Crippen molar-refractivity contribution in [1.29, 1.82) is 0 Å².